The summed E-state index contributed by atoms with van der Waals surface area (Å²) in [7, 11) is 0. The molecule has 1 aliphatic rings. The highest BCUT2D eigenvalue weighted by molar-refractivity contribution is 5.98. The van der Waals surface area contributed by atoms with Gasteiger partial charge in [0, 0.05) is 12.2 Å². The van der Waals surface area contributed by atoms with E-state index in [1.54, 1.807) is 13.8 Å². The molecule has 0 heterocycles. The summed E-state index contributed by atoms with van der Waals surface area (Å²) < 4.78 is 0. The van der Waals surface area contributed by atoms with Crippen LogP contribution in [0.1, 0.15) is 13.8 Å². The third-order valence-corrected chi connectivity index (χ3v) is 1.82. The van der Waals surface area contributed by atoms with Gasteiger partial charge in [-0.15, -0.1) is 0 Å². The van der Waals surface area contributed by atoms with Gasteiger partial charge in [0.25, 0.3) is 0 Å². The van der Waals surface area contributed by atoms with Crippen molar-refractivity contribution >= 4 is 5.78 Å². The maximum absolute atomic E-state index is 11.1. The van der Waals surface area contributed by atoms with E-state index in [0.717, 1.165) is 6.08 Å². The van der Waals surface area contributed by atoms with E-state index in [9.17, 15) is 9.90 Å². The molecule has 0 atom stereocenters. The number of hydrogen-bond donors (Lipinski definition) is 2. The molecule has 0 aromatic rings. The lowest BCUT2D eigenvalue weighted by molar-refractivity contribution is -0.122. The molecule has 0 amide bonds. The lowest BCUT2D eigenvalue weighted by atomic mass is 9.82. The minimum atomic E-state index is -0.883. The highest BCUT2D eigenvalue weighted by atomic mass is 16.3. The minimum Gasteiger partial charge on any atom is -0.511 e. The topological polar surface area (TPSA) is 57.5 Å². The molecule has 0 radical (unpaired) electrons. The lowest BCUT2D eigenvalue weighted by Crippen LogP contribution is -2.27. The van der Waals surface area contributed by atoms with E-state index in [4.69, 9.17) is 5.11 Å². The Bertz CT molecular complexity index is 259. The van der Waals surface area contributed by atoms with Crippen LogP contribution in [0.5, 0.6) is 0 Å². The average Bonchev–Trinajstić information content (AvgIpc) is 1.84. The third kappa shape index (κ3) is 1.13. The molecule has 0 saturated carbocycles. The van der Waals surface area contributed by atoms with Gasteiger partial charge in [-0.2, -0.15) is 0 Å². The molecule has 11 heavy (non-hydrogen) atoms. The Hall–Kier alpha value is -1.25. The van der Waals surface area contributed by atoms with Crippen LogP contribution in [0.2, 0.25) is 0 Å². The van der Waals surface area contributed by atoms with Gasteiger partial charge in [-0.1, -0.05) is 0 Å². The normalized spacial score (nSPS) is 22.5. The summed E-state index contributed by atoms with van der Waals surface area (Å²) in [6, 6.07) is 0. The van der Waals surface area contributed by atoms with Crippen molar-refractivity contribution in [2.75, 3.05) is 0 Å². The van der Waals surface area contributed by atoms with Crippen molar-refractivity contribution in [3.05, 3.63) is 23.7 Å². The van der Waals surface area contributed by atoms with Crippen molar-refractivity contribution < 1.29 is 15.0 Å². The van der Waals surface area contributed by atoms with Crippen LogP contribution in [0.25, 0.3) is 0 Å². The van der Waals surface area contributed by atoms with Gasteiger partial charge in [0.15, 0.2) is 5.78 Å². The van der Waals surface area contributed by atoms with Crippen LogP contribution in [0, 0.1) is 5.41 Å². The molecule has 0 aromatic heterocycles. The van der Waals surface area contributed by atoms with Gasteiger partial charge in [-0.05, 0) is 13.8 Å². The lowest BCUT2D eigenvalue weighted by Gasteiger charge is -2.23. The SMILES string of the molecule is CC1(C)C(=O)C=C(O)C=C1O. The number of ketones is 1. The molecule has 60 valence electrons. The Balaban J connectivity index is 3.11. The zero-order chi connectivity index (χ0) is 8.65. The molecule has 3 nitrogen and oxygen atoms in total. The molecule has 0 aliphatic heterocycles. The maximum Gasteiger partial charge on any atom is 0.172 e. The molecule has 0 fully saturated rings. The number of carbonyl (C=O) groups is 1. The number of allylic oxidation sites excluding steroid dienone is 3. The summed E-state index contributed by atoms with van der Waals surface area (Å²) in [5.74, 6) is -0.565. The van der Waals surface area contributed by atoms with Crippen molar-refractivity contribution in [1.29, 1.82) is 0 Å². The molecular weight excluding hydrogens is 144 g/mol. The molecule has 0 bridgehead atoms. The highest BCUT2D eigenvalue weighted by Gasteiger charge is 2.33. The zero-order valence-corrected chi connectivity index (χ0v) is 6.46. The quantitative estimate of drug-likeness (QED) is 0.555. The van der Waals surface area contributed by atoms with Crippen molar-refractivity contribution in [3.8, 4) is 0 Å². The summed E-state index contributed by atoms with van der Waals surface area (Å²) in [5.41, 5.74) is -0.883. The minimum absolute atomic E-state index is 0.0949. The van der Waals surface area contributed by atoms with Gasteiger partial charge >= 0.3 is 0 Å². The van der Waals surface area contributed by atoms with Crippen molar-refractivity contribution in [1.82, 2.24) is 0 Å². The van der Waals surface area contributed by atoms with Crippen LogP contribution >= 0.6 is 0 Å². The fraction of sp³-hybridized carbons (Fsp3) is 0.375. The predicted octanol–water partition coefficient (Wildman–Crippen LogP) is 1.48. The van der Waals surface area contributed by atoms with Crippen molar-refractivity contribution in [2.24, 2.45) is 5.41 Å². The van der Waals surface area contributed by atoms with E-state index >= 15 is 0 Å². The van der Waals surface area contributed by atoms with E-state index in [1.807, 2.05) is 0 Å². The van der Waals surface area contributed by atoms with Crippen molar-refractivity contribution in [3.63, 3.8) is 0 Å². The first kappa shape index (κ1) is 7.85. The fourth-order valence-electron chi connectivity index (χ4n) is 0.803. The van der Waals surface area contributed by atoms with Crippen LogP contribution in [0.15, 0.2) is 23.7 Å². The Morgan fingerprint density at radius 1 is 1.27 bits per heavy atom. The Morgan fingerprint density at radius 2 is 1.82 bits per heavy atom. The van der Waals surface area contributed by atoms with Crippen LogP contribution < -0.4 is 0 Å². The largest absolute Gasteiger partial charge is 0.511 e. The molecule has 3 heteroatoms. The van der Waals surface area contributed by atoms with Gasteiger partial charge < -0.3 is 10.2 Å². The van der Waals surface area contributed by atoms with Gasteiger partial charge in [0.05, 0.1) is 5.41 Å². The van der Waals surface area contributed by atoms with Crippen molar-refractivity contribution in [2.45, 2.75) is 13.8 Å². The van der Waals surface area contributed by atoms with E-state index in [2.05, 4.69) is 0 Å². The Morgan fingerprint density at radius 3 is 2.27 bits per heavy atom. The summed E-state index contributed by atoms with van der Waals surface area (Å²) >= 11 is 0. The molecule has 2 N–H and O–H groups in total. The molecule has 0 spiro atoms. The van der Waals surface area contributed by atoms with Gasteiger partial charge in [-0.25, -0.2) is 0 Å². The third-order valence-electron chi connectivity index (χ3n) is 1.82. The second kappa shape index (κ2) is 2.12. The van der Waals surface area contributed by atoms with Gasteiger partial charge in [0.1, 0.15) is 11.5 Å². The van der Waals surface area contributed by atoms with Crippen LogP contribution in [0.4, 0.5) is 0 Å². The molecule has 0 aromatic carbocycles. The first-order valence-corrected chi connectivity index (χ1v) is 3.31. The van der Waals surface area contributed by atoms with E-state index in [1.165, 1.54) is 6.08 Å². The standard InChI is InChI=1S/C8H10O3/c1-8(2)6(10)3-5(9)4-7(8)11/h3-4,9-10H,1-2H3. The molecule has 1 rings (SSSR count). The summed E-state index contributed by atoms with van der Waals surface area (Å²) in [6.07, 6.45) is 2.29. The number of carbonyl (C=O) groups excluding carboxylic acids is 1. The van der Waals surface area contributed by atoms with Crippen LogP contribution in [0.3, 0.4) is 0 Å². The summed E-state index contributed by atoms with van der Waals surface area (Å²) in [4.78, 5) is 11.1. The monoisotopic (exact) mass is 154 g/mol. The average molecular weight is 154 g/mol. The number of hydrogen-bond acceptors (Lipinski definition) is 3. The number of aliphatic hydroxyl groups excluding tert-OH is 2. The maximum atomic E-state index is 11.1. The molecule has 1 aliphatic carbocycles. The summed E-state index contributed by atoms with van der Waals surface area (Å²) in [6.45, 7) is 3.20. The fourth-order valence-corrected chi connectivity index (χ4v) is 0.803. The first-order chi connectivity index (χ1) is 4.94. The van der Waals surface area contributed by atoms with E-state index < -0.39 is 5.41 Å². The van der Waals surface area contributed by atoms with Gasteiger partial charge in [0.2, 0.25) is 0 Å². The second-order valence-electron chi connectivity index (χ2n) is 3.09. The smallest absolute Gasteiger partial charge is 0.172 e. The Labute approximate surface area is 64.7 Å². The zero-order valence-electron chi connectivity index (χ0n) is 6.46. The van der Waals surface area contributed by atoms with Crippen LogP contribution in [-0.2, 0) is 4.79 Å². The van der Waals surface area contributed by atoms with Gasteiger partial charge in [-0.3, -0.25) is 4.79 Å². The van der Waals surface area contributed by atoms with E-state index in [-0.39, 0.29) is 17.3 Å². The Kier molecular flexibility index (Phi) is 1.51. The second-order valence-corrected chi connectivity index (χ2v) is 3.09. The van der Waals surface area contributed by atoms with Crippen LogP contribution in [-0.4, -0.2) is 16.0 Å². The molecule has 0 saturated heterocycles. The molecule has 0 unspecified atom stereocenters. The number of aliphatic hydroxyl groups is 2. The highest BCUT2D eigenvalue weighted by Crippen LogP contribution is 2.30. The van der Waals surface area contributed by atoms with E-state index in [0.29, 0.717) is 0 Å². The first-order valence-electron chi connectivity index (χ1n) is 3.31. The number of rotatable bonds is 0. The predicted molar refractivity (Wildman–Crippen MR) is 40.2 cm³/mol. The summed E-state index contributed by atoms with van der Waals surface area (Å²) in [5, 5.41) is 18.1. The molecular formula is C8H10O3.